The van der Waals surface area contributed by atoms with Crippen molar-refractivity contribution in [2.24, 2.45) is 11.8 Å². The van der Waals surface area contributed by atoms with Crippen LogP contribution in [0.1, 0.15) is 31.7 Å². The Morgan fingerprint density at radius 3 is 2.85 bits per heavy atom. The summed E-state index contributed by atoms with van der Waals surface area (Å²) in [6.45, 7) is 0. The zero-order chi connectivity index (χ0) is 8.84. The van der Waals surface area contributed by atoms with Gasteiger partial charge in [0, 0.05) is 6.20 Å². The first-order valence-electron chi connectivity index (χ1n) is 5.02. The zero-order valence-electron chi connectivity index (χ0n) is 7.49. The molecule has 1 heterocycles. The quantitative estimate of drug-likeness (QED) is 0.739. The van der Waals surface area contributed by atoms with Crippen molar-refractivity contribution in [3.05, 3.63) is 16.9 Å². The van der Waals surface area contributed by atoms with Gasteiger partial charge in [-0.25, -0.2) is 0 Å². The lowest BCUT2D eigenvalue weighted by Crippen LogP contribution is -2.16. The van der Waals surface area contributed by atoms with Gasteiger partial charge in [-0.1, -0.05) is 6.42 Å². The van der Waals surface area contributed by atoms with Gasteiger partial charge in [0.25, 0.3) is 0 Å². The smallest absolute Gasteiger partial charge is 0.0632 e. The SMILES string of the molecule is Brc1cnn(C2CC3CCC2C3)c1. The van der Waals surface area contributed by atoms with Gasteiger partial charge in [0.2, 0.25) is 0 Å². The predicted octanol–water partition coefficient (Wildman–Crippen LogP) is 3.01. The molecule has 0 aromatic carbocycles. The minimum absolute atomic E-state index is 0.699. The Kier molecular flexibility index (Phi) is 1.76. The molecule has 0 aliphatic heterocycles. The molecule has 13 heavy (non-hydrogen) atoms. The van der Waals surface area contributed by atoms with E-state index in [0.717, 1.165) is 16.3 Å². The maximum atomic E-state index is 4.39. The third-order valence-corrected chi connectivity index (χ3v) is 4.02. The Bertz CT molecular complexity index is 320. The summed E-state index contributed by atoms with van der Waals surface area (Å²) in [6, 6.07) is 0.699. The van der Waals surface area contributed by atoms with Gasteiger partial charge in [0.15, 0.2) is 0 Å². The van der Waals surface area contributed by atoms with Crippen LogP contribution in [-0.4, -0.2) is 9.78 Å². The van der Waals surface area contributed by atoms with E-state index in [0.29, 0.717) is 6.04 Å². The van der Waals surface area contributed by atoms with Crippen molar-refractivity contribution in [3.63, 3.8) is 0 Å². The molecule has 1 aromatic rings. The maximum Gasteiger partial charge on any atom is 0.0632 e. The topological polar surface area (TPSA) is 17.8 Å². The zero-order valence-corrected chi connectivity index (χ0v) is 9.07. The Morgan fingerprint density at radius 1 is 1.38 bits per heavy atom. The van der Waals surface area contributed by atoms with Crippen LogP contribution >= 0.6 is 15.9 Å². The Labute approximate surface area is 86.4 Å². The van der Waals surface area contributed by atoms with E-state index in [1.54, 1.807) is 0 Å². The van der Waals surface area contributed by atoms with Crippen molar-refractivity contribution < 1.29 is 0 Å². The van der Waals surface area contributed by atoms with E-state index in [9.17, 15) is 0 Å². The average Bonchev–Trinajstić information content (AvgIpc) is 2.77. The first-order valence-corrected chi connectivity index (χ1v) is 5.82. The van der Waals surface area contributed by atoms with Crippen LogP contribution in [0.25, 0.3) is 0 Å². The summed E-state index contributed by atoms with van der Waals surface area (Å²) in [5, 5.41) is 4.39. The third kappa shape index (κ3) is 1.25. The summed E-state index contributed by atoms with van der Waals surface area (Å²) < 4.78 is 3.27. The lowest BCUT2D eigenvalue weighted by atomic mass is 9.96. The second-order valence-corrected chi connectivity index (χ2v) is 5.30. The summed E-state index contributed by atoms with van der Waals surface area (Å²) in [6.07, 6.45) is 9.70. The molecule has 2 fully saturated rings. The number of aromatic nitrogens is 2. The van der Waals surface area contributed by atoms with Crippen LogP contribution in [0.15, 0.2) is 16.9 Å². The van der Waals surface area contributed by atoms with Gasteiger partial charge >= 0.3 is 0 Å². The van der Waals surface area contributed by atoms with Crippen LogP contribution < -0.4 is 0 Å². The lowest BCUT2D eigenvalue weighted by Gasteiger charge is -2.21. The molecule has 0 radical (unpaired) electrons. The molecule has 2 bridgehead atoms. The average molecular weight is 241 g/mol. The van der Waals surface area contributed by atoms with Crippen LogP contribution in [0.5, 0.6) is 0 Å². The minimum Gasteiger partial charge on any atom is -0.268 e. The van der Waals surface area contributed by atoms with Gasteiger partial charge in [-0.3, -0.25) is 4.68 Å². The molecule has 3 rings (SSSR count). The predicted molar refractivity (Wildman–Crippen MR) is 54.4 cm³/mol. The van der Waals surface area contributed by atoms with Gasteiger partial charge in [-0.05, 0) is 47.0 Å². The van der Waals surface area contributed by atoms with Gasteiger partial charge < -0.3 is 0 Å². The normalized spacial score (nSPS) is 37.2. The van der Waals surface area contributed by atoms with E-state index in [1.807, 2.05) is 6.20 Å². The Hall–Kier alpha value is -0.310. The standard InChI is InChI=1S/C10H13BrN2/c11-9-5-12-13(6-9)10-4-7-1-2-8(10)3-7/h5-8,10H,1-4H2. The molecular formula is C10H13BrN2. The first-order chi connectivity index (χ1) is 6.33. The second-order valence-electron chi connectivity index (χ2n) is 4.38. The number of rotatable bonds is 1. The van der Waals surface area contributed by atoms with E-state index < -0.39 is 0 Å². The van der Waals surface area contributed by atoms with Crippen LogP contribution in [-0.2, 0) is 0 Å². The second kappa shape index (κ2) is 2.84. The molecule has 1 aromatic heterocycles. The third-order valence-electron chi connectivity index (χ3n) is 3.61. The van der Waals surface area contributed by atoms with Gasteiger partial charge in [-0.2, -0.15) is 5.10 Å². The number of hydrogen-bond donors (Lipinski definition) is 0. The fourth-order valence-electron chi connectivity index (χ4n) is 3.03. The highest BCUT2D eigenvalue weighted by Gasteiger charge is 2.40. The first kappa shape index (κ1) is 8.04. The molecule has 2 aliphatic carbocycles. The highest BCUT2D eigenvalue weighted by Crippen LogP contribution is 2.50. The van der Waals surface area contributed by atoms with Crippen LogP contribution in [0.4, 0.5) is 0 Å². The minimum atomic E-state index is 0.699. The number of halogens is 1. The summed E-state index contributed by atoms with van der Waals surface area (Å²) in [5.74, 6) is 1.91. The van der Waals surface area contributed by atoms with Gasteiger partial charge in [0.05, 0.1) is 16.7 Å². The van der Waals surface area contributed by atoms with Crippen LogP contribution in [0.3, 0.4) is 0 Å². The van der Waals surface area contributed by atoms with E-state index in [2.05, 4.69) is 31.9 Å². The van der Waals surface area contributed by atoms with E-state index in [4.69, 9.17) is 0 Å². The molecule has 0 amide bonds. The van der Waals surface area contributed by atoms with E-state index in [1.165, 1.54) is 25.7 Å². The maximum absolute atomic E-state index is 4.39. The van der Waals surface area contributed by atoms with Crippen molar-refractivity contribution in [1.82, 2.24) is 9.78 Å². The van der Waals surface area contributed by atoms with E-state index in [-0.39, 0.29) is 0 Å². The summed E-state index contributed by atoms with van der Waals surface area (Å²) in [4.78, 5) is 0. The molecule has 3 unspecified atom stereocenters. The number of nitrogens with zero attached hydrogens (tertiary/aromatic N) is 2. The molecular weight excluding hydrogens is 228 g/mol. The fraction of sp³-hybridized carbons (Fsp3) is 0.700. The Balaban J connectivity index is 1.87. The molecule has 0 saturated heterocycles. The molecule has 70 valence electrons. The van der Waals surface area contributed by atoms with Crippen molar-refractivity contribution in [2.75, 3.05) is 0 Å². The van der Waals surface area contributed by atoms with Crippen molar-refractivity contribution in [1.29, 1.82) is 0 Å². The monoisotopic (exact) mass is 240 g/mol. The molecule has 2 saturated carbocycles. The molecule has 2 aliphatic rings. The van der Waals surface area contributed by atoms with Crippen LogP contribution in [0.2, 0.25) is 0 Å². The molecule has 3 atom stereocenters. The van der Waals surface area contributed by atoms with Gasteiger partial charge in [0.1, 0.15) is 0 Å². The van der Waals surface area contributed by atoms with Gasteiger partial charge in [-0.15, -0.1) is 0 Å². The summed E-state index contributed by atoms with van der Waals surface area (Å²) in [7, 11) is 0. The lowest BCUT2D eigenvalue weighted by molar-refractivity contribution is 0.306. The van der Waals surface area contributed by atoms with E-state index >= 15 is 0 Å². The van der Waals surface area contributed by atoms with Crippen LogP contribution in [0, 0.1) is 11.8 Å². The summed E-state index contributed by atoms with van der Waals surface area (Å²) in [5.41, 5.74) is 0. The van der Waals surface area contributed by atoms with Crippen molar-refractivity contribution >= 4 is 15.9 Å². The fourth-order valence-corrected chi connectivity index (χ4v) is 3.33. The number of hydrogen-bond acceptors (Lipinski definition) is 1. The Morgan fingerprint density at radius 2 is 2.31 bits per heavy atom. The number of fused-ring (bicyclic) bond motifs is 2. The molecule has 0 spiro atoms. The summed E-state index contributed by atoms with van der Waals surface area (Å²) >= 11 is 3.45. The molecule has 3 heteroatoms. The van der Waals surface area contributed by atoms with Crippen molar-refractivity contribution in [2.45, 2.75) is 31.7 Å². The van der Waals surface area contributed by atoms with Crippen molar-refractivity contribution in [3.8, 4) is 0 Å². The highest BCUT2D eigenvalue weighted by molar-refractivity contribution is 9.10. The molecule has 0 N–H and O–H groups in total. The molecule has 2 nitrogen and oxygen atoms in total. The largest absolute Gasteiger partial charge is 0.268 e. The highest BCUT2D eigenvalue weighted by atomic mass is 79.9.